The molecule has 2 rings (SSSR count). The van der Waals surface area contributed by atoms with E-state index in [-0.39, 0.29) is 0 Å². The van der Waals surface area contributed by atoms with Gasteiger partial charge in [-0.2, -0.15) is 0 Å². The SMILES string of the molecule is CCc1ncc(OC2CC2)cc1SC. The van der Waals surface area contributed by atoms with Gasteiger partial charge in [0.1, 0.15) is 5.75 Å². The van der Waals surface area contributed by atoms with Crippen molar-refractivity contribution in [3.8, 4) is 5.75 Å². The van der Waals surface area contributed by atoms with Crippen LogP contribution in [0.15, 0.2) is 17.2 Å². The fourth-order valence-corrected chi connectivity index (χ4v) is 2.01. The van der Waals surface area contributed by atoms with Crippen molar-refractivity contribution in [1.82, 2.24) is 4.98 Å². The molecule has 0 N–H and O–H groups in total. The zero-order chi connectivity index (χ0) is 9.97. The van der Waals surface area contributed by atoms with E-state index >= 15 is 0 Å². The van der Waals surface area contributed by atoms with Crippen molar-refractivity contribution in [3.05, 3.63) is 18.0 Å². The van der Waals surface area contributed by atoms with E-state index in [1.807, 2.05) is 6.20 Å². The van der Waals surface area contributed by atoms with Crippen LogP contribution >= 0.6 is 11.8 Å². The van der Waals surface area contributed by atoms with E-state index < -0.39 is 0 Å². The molecule has 3 heteroatoms. The summed E-state index contributed by atoms with van der Waals surface area (Å²) < 4.78 is 5.69. The fraction of sp³-hybridized carbons (Fsp3) is 0.545. The predicted octanol–water partition coefficient (Wildman–Crippen LogP) is 2.91. The van der Waals surface area contributed by atoms with Gasteiger partial charge in [-0.05, 0) is 31.6 Å². The van der Waals surface area contributed by atoms with Gasteiger partial charge in [-0.25, -0.2) is 0 Å². The lowest BCUT2D eigenvalue weighted by Gasteiger charge is -2.08. The molecule has 76 valence electrons. The number of hydrogen-bond donors (Lipinski definition) is 0. The number of nitrogens with zero attached hydrogens (tertiary/aromatic N) is 1. The first-order valence-corrected chi connectivity index (χ1v) is 6.25. The van der Waals surface area contributed by atoms with Crippen molar-refractivity contribution in [2.24, 2.45) is 0 Å². The number of aromatic nitrogens is 1. The molecule has 0 spiro atoms. The molecule has 1 aromatic rings. The molecule has 1 heterocycles. The van der Waals surface area contributed by atoms with Crippen LogP contribution in [0.25, 0.3) is 0 Å². The fourth-order valence-electron chi connectivity index (χ4n) is 1.34. The highest BCUT2D eigenvalue weighted by Crippen LogP contribution is 2.29. The van der Waals surface area contributed by atoms with Crippen LogP contribution in [0.1, 0.15) is 25.5 Å². The molecule has 0 aliphatic heterocycles. The van der Waals surface area contributed by atoms with Crippen LogP contribution in [-0.4, -0.2) is 17.3 Å². The summed E-state index contributed by atoms with van der Waals surface area (Å²) in [6.07, 6.45) is 7.77. The summed E-state index contributed by atoms with van der Waals surface area (Å²) in [4.78, 5) is 5.64. The molecule has 0 aromatic carbocycles. The van der Waals surface area contributed by atoms with Gasteiger partial charge in [0.05, 0.1) is 18.0 Å². The summed E-state index contributed by atoms with van der Waals surface area (Å²) in [5, 5.41) is 0. The maximum absolute atomic E-state index is 5.69. The lowest BCUT2D eigenvalue weighted by Crippen LogP contribution is -1.98. The van der Waals surface area contributed by atoms with Gasteiger partial charge in [0, 0.05) is 4.90 Å². The van der Waals surface area contributed by atoms with Gasteiger partial charge in [0.2, 0.25) is 0 Å². The maximum Gasteiger partial charge on any atom is 0.139 e. The summed E-state index contributed by atoms with van der Waals surface area (Å²) in [7, 11) is 0. The minimum Gasteiger partial charge on any atom is -0.489 e. The summed E-state index contributed by atoms with van der Waals surface area (Å²) in [5.41, 5.74) is 1.17. The maximum atomic E-state index is 5.69. The van der Waals surface area contributed by atoms with Gasteiger partial charge in [-0.15, -0.1) is 11.8 Å². The van der Waals surface area contributed by atoms with Gasteiger partial charge < -0.3 is 4.74 Å². The molecule has 1 aliphatic rings. The lowest BCUT2D eigenvalue weighted by molar-refractivity contribution is 0.301. The molecule has 1 saturated carbocycles. The van der Waals surface area contributed by atoms with E-state index in [2.05, 4.69) is 24.2 Å². The predicted molar refractivity (Wildman–Crippen MR) is 59.0 cm³/mol. The van der Waals surface area contributed by atoms with Crippen LogP contribution in [0.3, 0.4) is 0 Å². The quantitative estimate of drug-likeness (QED) is 0.712. The number of pyridine rings is 1. The third-order valence-corrected chi connectivity index (χ3v) is 3.08. The third kappa shape index (κ3) is 2.21. The molecular weight excluding hydrogens is 194 g/mol. The monoisotopic (exact) mass is 209 g/mol. The van der Waals surface area contributed by atoms with Crippen LogP contribution in [-0.2, 0) is 6.42 Å². The normalized spacial score (nSPS) is 15.6. The second-order valence-electron chi connectivity index (χ2n) is 3.49. The zero-order valence-electron chi connectivity index (χ0n) is 8.62. The van der Waals surface area contributed by atoms with Gasteiger partial charge in [-0.3, -0.25) is 4.98 Å². The highest BCUT2D eigenvalue weighted by molar-refractivity contribution is 7.98. The third-order valence-electron chi connectivity index (χ3n) is 2.29. The molecule has 1 fully saturated rings. The molecule has 0 bridgehead atoms. The van der Waals surface area contributed by atoms with Crippen molar-refractivity contribution in [2.75, 3.05) is 6.26 Å². The topological polar surface area (TPSA) is 22.1 Å². The van der Waals surface area contributed by atoms with Crippen molar-refractivity contribution >= 4 is 11.8 Å². The summed E-state index contributed by atoms with van der Waals surface area (Å²) in [5.74, 6) is 0.925. The number of thioether (sulfide) groups is 1. The van der Waals surface area contributed by atoms with Gasteiger partial charge in [0.25, 0.3) is 0 Å². The minimum atomic E-state index is 0.457. The first-order chi connectivity index (χ1) is 6.83. The second kappa shape index (κ2) is 4.22. The molecule has 0 atom stereocenters. The number of hydrogen-bond acceptors (Lipinski definition) is 3. The average molecular weight is 209 g/mol. The zero-order valence-corrected chi connectivity index (χ0v) is 9.43. The first-order valence-electron chi connectivity index (χ1n) is 5.03. The van der Waals surface area contributed by atoms with E-state index in [0.717, 1.165) is 12.2 Å². The Morgan fingerprint density at radius 3 is 2.93 bits per heavy atom. The van der Waals surface area contributed by atoms with Crippen molar-refractivity contribution < 1.29 is 4.74 Å². The van der Waals surface area contributed by atoms with Crippen LogP contribution in [0.5, 0.6) is 5.75 Å². The number of aryl methyl sites for hydroxylation is 1. The highest BCUT2D eigenvalue weighted by Gasteiger charge is 2.23. The Labute approximate surface area is 89.1 Å². The van der Waals surface area contributed by atoms with Gasteiger partial charge in [0.15, 0.2) is 0 Å². The van der Waals surface area contributed by atoms with Crippen LogP contribution in [0.2, 0.25) is 0 Å². The van der Waals surface area contributed by atoms with E-state index in [1.165, 1.54) is 23.4 Å². The van der Waals surface area contributed by atoms with E-state index in [1.54, 1.807) is 11.8 Å². The molecular formula is C11H15NOS. The Kier molecular flexibility index (Phi) is 2.96. The Balaban J connectivity index is 2.16. The largest absolute Gasteiger partial charge is 0.489 e. The van der Waals surface area contributed by atoms with Crippen molar-refractivity contribution in [3.63, 3.8) is 0 Å². The molecule has 0 saturated heterocycles. The standard InChI is InChI=1S/C11H15NOS/c1-3-10-11(14-2)6-9(7-12-10)13-8-4-5-8/h6-8H,3-5H2,1-2H3. The second-order valence-corrected chi connectivity index (χ2v) is 4.34. The number of rotatable bonds is 4. The molecule has 0 radical (unpaired) electrons. The summed E-state index contributed by atoms with van der Waals surface area (Å²) in [6, 6.07) is 2.11. The first kappa shape index (κ1) is 9.84. The highest BCUT2D eigenvalue weighted by atomic mass is 32.2. The molecule has 2 nitrogen and oxygen atoms in total. The summed E-state index contributed by atoms with van der Waals surface area (Å²) in [6.45, 7) is 2.13. The Morgan fingerprint density at radius 1 is 1.57 bits per heavy atom. The van der Waals surface area contributed by atoms with Crippen molar-refractivity contribution in [2.45, 2.75) is 37.2 Å². The molecule has 1 aliphatic carbocycles. The molecule has 1 aromatic heterocycles. The Hall–Kier alpha value is -0.700. The lowest BCUT2D eigenvalue weighted by atomic mass is 10.3. The summed E-state index contributed by atoms with van der Waals surface area (Å²) >= 11 is 1.74. The number of ether oxygens (including phenoxy) is 1. The molecule has 0 unspecified atom stereocenters. The van der Waals surface area contributed by atoms with E-state index in [4.69, 9.17) is 4.74 Å². The Bertz CT molecular complexity index is 323. The average Bonchev–Trinajstić information content (AvgIpc) is 3.01. The molecule has 0 amide bonds. The van der Waals surface area contributed by atoms with Crippen molar-refractivity contribution in [1.29, 1.82) is 0 Å². The Morgan fingerprint density at radius 2 is 2.36 bits per heavy atom. The van der Waals surface area contributed by atoms with Crippen LogP contribution in [0.4, 0.5) is 0 Å². The van der Waals surface area contributed by atoms with E-state index in [9.17, 15) is 0 Å². The van der Waals surface area contributed by atoms with Crippen LogP contribution in [0, 0.1) is 0 Å². The van der Waals surface area contributed by atoms with E-state index in [0.29, 0.717) is 6.10 Å². The minimum absolute atomic E-state index is 0.457. The smallest absolute Gasteiger partial charge is 0.139 e. The molecule has 14 heavy (non-hydrogen) atoms. The van der Waals surface area contributed by atoms with Gasteiger partial charge in [-0.1, -0.05) is 6.92 Å². The van der Waals surface area contributed by atoms with Gasteiger partial charge >= 0.3 is 0 Å². The van der Waals surface area contributed by atoms with Crippen LogP contribution < -0.4 is 4.74 Å².